The van der Waals surface area contributed by atoms with Crippen molar-refractivity contribution < 1.29 is 24.2 Å². The second-order valence-electron chi connectivity index (χ2n) is 5.56. The number of carbonyl (C=O) groups is 2. The molecule has 1 amide bonds. The smallest absolute Gasteiger partial charge is 0.329 e. The molecule has 120 valence electrons. The zero-order valence-corrected chi connectivity index (χ0v) is 12.8. The Morgan fingerprint density at radius 1 is 1.27 bits per heavy atom. The van der Waals surface area contributed by atoms with Crippen molar-refractivity contribution in [2.45, 2.75) is 38.3 Å². The molecular formula is C16H21NO5. The van der Waals surface area contributed by atoms with Crippen molar-refractivity contribution in [2.75, 3.05) is 13.2 Å². The summed E-state index contributed by atoms with van der Waals surface area (Å²) in [6.45, 7) is 4.20. The van der Waals surface area contributed by atoms with Gasteiger partial charge < -0.3 is 19.9 Å². The minimum atomic E-state index is -1.26. The summed E-state index contributed by atoms with van der Waals surface area (Å²) in [7, 11) is 0. The maximum atomic E-state index is 12.3. The third-order valence-electron chi connectivity index (χ3n) is 3.82. The van der Waals surface area contributed by atoms with E-state index in [4.69, 9.17) is 9.47 Å². The van der Waals surface area contributed by atoms with Gasteiger partial charge in [-0.15, -0.1) is 0 Å². The predicted molar refractivity (Wildman–Crippen MR) is 79.8 cm³/mol. The number of hydrogen-bond acceptors (Lipinski definition) is 4. The largest absolute Gasteiger partial charge is 0.481 e. The average molecular weight is 307 g/mol. The molecule has 0 aliphatic carbocycles. The summed E-state index contributed by atoms with van der Waals surface area (Å²) in [6.07, 6.45) is -0.266. The lowest BCUT2D eigenvalue weighted by molar-refractivity contribution is -0.153. The number of carboxylic acid groups (broad SMARTS) is 1. The third kappa shape index (κ3) is 3.76. The summed E-state index contributed by atoms with van der Waals surface area (Å²) in [4.78, 5) is 23.8. The second-order valence-corrected chi connectivity index (χ2v) is 5.56. The summed E-state index contributed by atoms with van der Waals surface area (Å²) < 4.78 is 10.7. The number of hydrogen-bond donors (Lipinski definition) is 2. The average Bonchev–Trinajstić information content (AvgIpc) is 2.50. The minimum Gasteiger partial charge on any atom is -0.481 e. The lowest BCUT2D eigenvalue weighted by Crippen LogP contribution is -2.59. The van der Waals surface area contributed by atoms with Crippen molar-refractivity contribution >= 4 is 11.9 Å². The highest BCUT2D eigenvalue weighted by Gasteiger charge is 2.42. The van der Waals surface area contributed by atoms with E-state index in [0.29, 0.717) is 19.0 Å². The SMILES string of the molecule is Cc1ccc(OC(C)C(=O)NC2(C(=O)O)CCOCC2)cc1. The Kier molecular flexibility index (Phi) is 5.03. The monoisotopic (exact) mass is 307 g/mol. The topological polar surface area (TPSA) is 84.9 Å². The summed E-state index contributed by atoms with van der Waals surface area (Å²) in [5, 5.41) is 12.0. The van der Waals surface area contributed by atoms with E-state index in [-0.39, 0.29) is 12.8 Å². The Morgan fingerprint density at radius 2 is 1.86 bits per heavy atom. The van der Waals surface area contributed by atoms with E-state index in [1.807, 2.05) is 19.1 Å². The van der Waals surface area contributed by atoms with Gasteiger partial charge in [-0.2, -0.15) is 0 Å². The van der Waals surface area contributed by atoms with Gasteiger partial charge in [0.1, 0.15) is 11.3 Å². The van der Waals surface area contributed by atoms with Crippen LogP contribution >= 0.6 is 0 Å². The normalized spacial score (nSPS) is 18.3. The molecule has 0 bridgehead atoms. The van der Waals surface area contributed by atoms with Crippen LogP contribution in [0.15, 0.2) is 24.3 Å². The standard InChI is InChI=1S/C16H21NO5/c1-11-3-5-13(6-4-11)22-12(2)14(18)17-16(15(19)20)7-9-21-10-8-16/h3-6,12H,7-10H2,1-2H3,(H,17,18)(H,19,20). The molecule has 1 unspecified atom stereocenters. The Labute approximate surface area is 129 Å². The van der Waals surface area contributed by atoms with Crippen molar-refractivity contribution in [2.24, 2.45) is 0 Å². The summed E-state index contributed by atoms with van der Waals surface area (Å²) in [6, 6.07) is 7.33. The Morgan fingerprint density at radius 3 is 2.41 bits per heavy atom. The van der Waals surface area contributed by atoms with Gasteiger partial charge in [-0.05, 0) is 26.0 Å². The van der Waals surface area contributed by atoms with Crippen LogP contribution in [-0.2, 0) is 14.3 Å². The van der Waals surface area contributed by atoms with Crippen molar-refractivity contribution in [1.29, 1.82) is 0 Å². The van der Waals surface area contributed by atoms with Crippen LogP contribution in [0, 0.1) is 6.92 Å². The molecule has 0 saturated carbocycles. The molecule has 2 rings (SSSR count). The molecule has 0 radical (unpaired) electrons. The van der Waals surface area contributed by atoms with Crippen LogP contribution in [0.4, 0.5) is 0 Å². The van der Waals surface area contributed by atoms with Gasteiger partial charge in [-0.25, -0.2) is 4.79 Å². The van der Waals surface area contributed by atoms with Crippen molar-refractivity contribution in [3.8, 4) is 5.75 Å². The van der Waals surface area contributed by atoms with Gasteiger partial charge in [0.05, 0.1) is 0 Å². The van der Waals surface area contributed by atoms with E-state index in [1.165, 1.54) is 0 Å². The molecule has 6 heteroatoms. The number of nitrogens with one attached hydrogen (secondary N) is 1. The van der Waals surface area contributed by atoms with E-state index >= 15 is 0 Å². The second kappa shape index (κ2) is 6.79. The van der Waals surface area contributed by atoms with E-state index in [2.05, 4.69) is 5.32 Å². The predicted octanol–water partition coefficient (Wildman–Crippen LogP) is 1.51. The van der Waals surface area contributed by atoms with Gasteiger partial charge >= 0.3 is 5.97 Å². The highest BCUT2D eigenvalue weighted by molar-refractivity contribution is 5.89. The number of carboxylic acids is 1. The van der Waals surface area contributed by atoms with Crippen LogP contribution in [-0.4, -0.2) is 41.8 Å². The van der Waals surface area contributed by atoms with Crippen LogP contribution in [0.5, 0.6) is 5.75 Å². The van der Waals surface area contributed by atoms with Crippen molar-refractivity contribution in [3.05, 3.63) is 29.8 Å². The lowest BCUT2D eigenvalue weighted by atomic mass is 9.90. The summed E-state index contributed by atoms with van der Waals surface area (Å²) in [5.74, 6) is -0.902. The van der Waals surface area contributed by atoms with Crippen LogP contribution in [0.1, 0.15) is 25.3 Å². The Hall–Kier alpha value is -2.08. The van der Waals surface area contributed by atoms with Gasteiger partial charge in [-0.3, -0.25) is 4.79 Å². The molecule has 0 aromatic heterocycles. The molecule has 0 spiro atoms. The first-order valence-electron chi connectivity index (χ1n) is 7.29. The quantitative estimate of drug-likeness (QED) is 0.861. The molecule has 1 heterocycles. The fourth-order valence-electron chi connectivity index (χ4n) is 2.32. The Bertz CT molecular complexity index is 534. The molecule has 1 saturated heterocycles. The number of ether oxygens (including phenoxy) is 2. The molecule has 6 nitrogen and oxygen atoms in total. The molecule has 22 heavy (non-hydrogen) atoms. The first-order chi connectivity index (χ1) is 10.4. The Balaban J connectivity index is 2.00. The number of benzene rings is 1. The van der Waals surface area contributed by atoms with Gasteiger partial charge in [-0.1, -0.05) is 17.7 Å². The highest BCUT2D eigenvalue weighted by Crippen LogP contribution is 2.22. The first kappa shape index (κ1) is 16.3. The number of rotatable bonds is 5. The lowest BCUT2D eigenvalue weighted by Gasteiger charge is -2.34. The molecule has 1 aliphatic heterocycles. The van der Waals surface area contributed by atoms with Gasteiger partial charge in [0.2, 0.25) is 0 Å². The van der Waals surface area contributed by atoms with E-state index in [0.717, 1.165) is 5.56 Å². The first-order valence-corrected chi connectivity index (χ1v) is 7.29. The fourth-order valence-corrected chi connectivity index (χ4v) is 2.32. The number of carbonyl (C=O) groups excluding carboxylic acids is 1. The van der Waals surface area contributed by atoms with Gasteiger partial charge in [0.15, 0.2) is 6.10 Å². The van der Waals surface area contributed by atoms with E-state index in [9.17, 15) is 14.7 Å². The fraction of sp³-hybridized carbons (Fsp3) is 0.500. The molecular weight excluding hydrogens is 286 g/mol. The summed E-state index contributed by atoms with van der Waals surface area (Å²) >= 11 is 0. The molecule has 1 atom stereocenters. The zero-order valence-electron chi connectivity index (χ0n) is 12.8. The minimum absolute atomic E-state index is 0.255. The van der Waals surface area contributed by atoms with Crippen LogP contribution < -0.4 is 10.1 Å². The highest BCUT2D eigenvalue weighted by atomic mass is 16.5. The van der Waals surface area contributed by atoms with Crippen LogP contribution in [0.3, 0.4) is 0 Å². The maximum Gasteiger partial charge on any atom is 0.329 e. The molecule has 2 N–H and O–H groups in total. The molecule has 1 aromatic rings. The summed E-state index contributed by atoms with van der Waals surface area (Å²) in [5.41, 5.74) is -0.170. The van der Waals surface area contributed by atoms with E-state index < -0.39 is 23.5 Å². The van der Waals surface area contributed by atoms with Crippen LogP contribution in [0.25, 0.3) is 0 Å². The molecule has 1 fully saturated rings. The number of aliphatic carboxylic acids is 1. The third-order valence-corrected chi connectivity index (χ3v) is 3.82. The van der Waals surface area contributed by atoms with Gasteiger partial charge in [0.25, 0.3) is 5.91 Å². The van der Waals surface area contributed by atoms with Crippen LogP contribution in [0.2, 0.25) is 0 Å². The van der Waals surface area contributed by atoms with Crippen molar-refractivity contribution in [1.82, 2.24) is 5.32 Å². The van der Waals surface area contributed by atoms with Gasteiger partial charge in [0, 0.05) is 26.1 Å². The zero-order chi connectivity index (χ0) is 16.2. The van der Waals surface area contributed by atoms with E-state index in [1.54, 1.807) is 19.1 Å². The van der Waals surface area contributed by atoms with Crippen molar-refractivity contribution in [3.63, 3.8) is 0 Å². The molecule has 1 aliphatic rings. The molecule has 1 aromatic carbocycles. The maximum absolute atomic E-state index is 12.3. The number of aryl methyl sites for hydroxylation is 1. The number of amides is 1.